The van der Waals surface area contributed by atoms with E-state index in [9.17, 15) is 9.59 Å². The zero-order valence-corrected chi connectivity index (χ0v) is 10.8. The lowest BCUT2D eigenvalue weighted by Crippen LogP contribution is -2.43. The fourth-order valence-electron chi connectivity index (χ4n) is 2.10. The van der Waals surface area contributed by atoms with Gasteiger partial charge in [0.15, 0.2) is 0 Å². The van der Waals surface area contributed by atoms with Crippen LogP contribution < -0.4 is 11.1 Å². The molecule has 0 aliphatic carbocycles. The first kappa shape index (κ1) is 13.4. The number of nitrogen functional groups attached to an aromatic ring is 1. The number of hydrogen-bond acceptors (Lipinski definition) is 4. The normalized spacial score (nSPS) is 15.3. The summed E-state index contributed by atoms with van der Waals surface area (Å²) in [5, 5.41) is 6.51. The van der Waals surface area contributed by atoms with Crippen LogP contribution in [0.3, 0.4) is 0 Å². The van der Waals surface area contributed by atoms with Crippen molar-refractivity contribution >= 4 is 17.6 Å². The Bertz CT molecular complexity index is 451. The molecule has 2 rings (SSSR count). The summed E-state index contributed by atoms with van der Waals surface area (Å²) in [6, 6.07) is 1.62. The van der Waals surface area contributed by atoms with Crippen molar-refractivity contribution in [3.8, 4) is 0 Å². The predicted molar refractivity (Wildman–Crippen MR) is 70.1 cm³/mol. The summed E-state index contributed by atoms with van der Waals surface area (Å²) < 4.78 is 1.44. The van der Waals surface area contributed by atoms with Crippen LogP contribution in [0.5, 0.6) is 0 Å². The van der Waals surface area contributed by atoms with Crippen LogP contribution in [0.2, 0.25) is 0 Å². The van der Waals surface area contributed by atoms with Gasteiger partial charge in [-0.25, -0.2) is 0 Å². The van der Waals surface area contributed by atoms with E-state index < -0.39 is 0 Å². The number of nitrogens with zero attached hydrogens (tertiary/aromatic N) is 3. The molecule has 7 nitrogen and oxygen atoms in total. The summed E-state index contributed by atoms with van der Waals surface area (Å²) in [7, 11) is 0. The molecule has 3 N–H and O–H groups in total. The van der Waals surface area contributed by atoms with E-state index in [2.05, 4.69) is 10.4 Å². The number of nitrogens with two attached hydrogens (primary N) is 1. The minimum Gasteiger partial charge on any atom is -0.382 e. The highest BCUT2D eigenvalue weighted by Gasteiger charge is 2.16. The fourth-order valence-corrected chi connectivity index (χ4v) is 2.10. The Morgan fingerprint density at radius 3 is 2.68 bits per heavy atom. The number of piperidine rings is 1. The van der Waals surface area contributed by atoms with Crippen molar-refractivity contribution in [3.05, 3.63) is 12.3 Å². The number of amides is 2. The maximum atomic E-state index is 11.8. The molecule has 2 heterocycles. The van der Waals surface area contributed by atoms with E-state index in [-0.39, 0.29) is 24.9 Å². The first-order valence-corrected chi connectivity index (χ1v) is 6.48. The maximum absolute atomic E-state index is 11.8. The van der Waals surface area contributed by atoms with Gasteiger partial charge >= 0.3 is 0 Å². The monoisotopic (exact) mass is 265 g/mol. The molecule has 1 aromatic heterocycles. The maximum Gasteiger partial charge on any atom is 0.242 e. The molecule has 1 aromatic rings. The Kier molecular flexibility index (Phi) is 4.38. The first-order valence-electron chi connectivity index (χ1n) is 6.48. The molecule has 1 aliphatic heterocycles. The molecule has 1 saturated heterocycles. The van der Waals surface area contributed by atoms with Gasteiger partial charge in [0.25, 0.3) is 0 Å². The van der Waals surface area contributed by atoms with Crippen molar-refractivity contribution < 1.29 is 9.59 Å². The predicted octanol–water partition coefficient (Wildman–Crippen LogP) is -0.406. The lowest BCUT2D eigenvalue weighted by atomic mass is 10.1. The average Bonchev–Trinajstić information content (AvgIpc) is 2.82. The largest absolute Gasteiger partial charge is 0.382 e. The van der Waals surface area contributed by atoms with Crippen molar-refractivity contribution in [1.29, 1.82) is 0 Å². The van der Waals surface area contributed by atoms with Crippen LogP contribution in [-0.4, -0.2) is 46.1 Å². The molecule has 0 bridgehead atoms. The average molecular weight is 265 g/mol. The van der Waals surface area contributed by atoms with Crippen LogP contribution in [0.15, 0.2) is 12.3 Å². The number of carbonyl (C=O) groups excluding carboxylic acids is 2. The molecule has 1 aliphatic rings. The molecule has 2 amide bonds. The molecule has 0 saturated carbocycles. The summed E-state index contributed by atoms with van der Waals surface area (Å²) in [6.45, 7) is 1.72. The molecular weight excluding hydrogens is 246 g/mol. The van der Waals surface area contributed by atoms with E-state index in [0.29, 0.717) is 5.82 Å². The summed E-state index contributed by atoms with van der Waals surface area (Å²) >= 11 is 0. The Hall–Kier alpha value is -2.05. The molecule has 1 fully saturated rings. The van der Waals surface area contributed by atoms with Crippen LogP contribution in [0.1, 0.15) is 19.3 Å². The third-order valence-corrected chi connectivity index (χ3v) is 3.11. The Labute approximate surface area is 111 Å². The summed E-state index contributed by atoms with van der Waals surface area (Å²) in [5.74, 6) is 0.110. The minimum absolute atomic E-state index is 0.0203. The van der Waals surface area contributed by atoms with Crippen LogP contribution in [-0.2, 0) is 16.1 Å². The highest BCUT2D eigenvalue weighted by molar-refractivity contribution is 5.84. The van der Waals surface area contributed by atoms with Gasteiger partial charge in [-0.2, -0.15) is 5.10 Å². The van der Waals surface area contributed by atoms with Gasteiger partial charge in [-0.3, -0.25) is 14.3 Å². The van der Waals surface area contributed by atoms with Gasteiger partial charge < -0.3 is 16.0 Å². The van der Waals surface area contributed by atoms with E-state index >= 15 is 0 Å². The number of aromatic nitrogens is 2. The summed E-state index contributed by atoms with van der Waals surface area (Å²) in [6.07, 6.45) is 4.90. The van der Waals surface area contributed by atoms with E-state index in [1.54, 1.807) is 17.2 Å². The molecule has 0 aromatic carbocycles. The molecule has 19 heavy (non-hydrogen) atoms. The summed E-state index contributed by atoms with van der Waals surface area (Å²) in [4.78, 5) is 25.3. The first-order chi connectivity index (χ1) is 9.15. The standard InChI is InChI=1S/C12H19N5O2/c13-10-4-7-17(15-10)9-11(18)14-8-12(19)16-5-2-1-3-6-16/h4,7H,1-3,5-6,8-9H2,(H2,13,15)(H,14,18). The molecule has 104 valence electrons. The minimum atomic E-state index is -0.242. The number of likely N-dealkylation sites (tertiary alicyclic amines) is 1. The second kappa shape index (κ2) is 6.21. The second-order valence-electron chi connectivity index (χ2n) is 4.66. The van der Waals surface area contributed by atoms with Crippen molar-refractivity contribution in [2.75, 3.05) is 25.4 Å². The van der Waals surface area contributed by atoms with Gasteiger partial charge in [-0.15, -0.1) is 0 Å². The van der Waals surface area contributed by atoms with Crippen LogP contribution in [0, 0.1) is 0 Å². The highest BCUT2D eigenvalue weighted by atomic mass is 16.2. The topological polar surface area (TPSA) is 93.2 Å². The van der Waals surface area contributed by atoms with E-state index in [4.69, 9.17) is 5.73 Å². The molecule has 0 radical (unpaired) electrons. The molecule has 0 spiro atoms. The molecule has 0 atom stereocenters. The SMILES string of the molecule is Nc1ccn(CC(=O)NCC(=O)N2CCCCC2)n1. The van der Waals surface area contributed by atoms with E-state index in [0.717, 1.165) is 25.9 Å². The Morgan fingerprint density at radius 1 is 1.32 bits per heavy atom. The lowest BCUT2D eigenvalue weighted by molar-refractivity contribution is -0.133. The number of anilines is 1. The van der Waals surface area contributed by atoms with Gasteiger partial charge in [-0.05, 0) is 25.3 Å². The van der Waals surface area contributed by atoms with E-state index in [1.807, 2.05) is 0 Å². The van der Waals surface area contributed by atoms with Crippen molar-refractivity contribution in [1.82, 2.24) is 20.0 Å². The zero-order valence-electron chi connectivity index (χ0n) is 10.8. The van der Waals surface area contributed by atoms with Crippen LogP contribution in [0.4, 0.5) is 5.82 Å². The number of nitrogens with one attached hydrogen (secondary N) is 1. The van der Waals surface area contributed by atoms with Gasteiger partial charge in [0, 0.05) is 19.3 Å². The van der Waals surface area contributed by atoms with E-state index in [1.165, 1.54) is 11.1 Å². The van der Waals surface area contributed by atoms with Gasteiger partial charge in [0.05, 0.1) is 6.54 Å². The van der Waals surface area contributed by atoms with Crippen LogP contribution >= 0.6 is 0 Å². The van der Waals surface area contributed by atoms with Gasteiger partial charge in [-0.1, -0.05) is 0 Å². The molecule has 0 unspecified atom stereocenters. The number of hydrogen-bond donors (Lipinski definition) is 2. The third-order valence-electron chi connectivity index (χ3n) is 3.11. The van der Waals surface area contributed by atoms with Crippen molar-refractivity contribution in [2.24, 2.45) is 0 Å². The van der Waals surface area contributed by atoms with Crippen molar-refractivity contribution in [3.63, 3.8) is 0 Å². The fraction of sp³-hybridized carbons (Fsp3) is 0.583. The van der Waals surface area contributed by atoms with Gasteiger partial charge in [0.2, 0.25) is 11.8 Å². The van der Waals surface area contributed by atoms with Gasteiger partial charge in [0.1, 0.15) is 12.4 Å². The quantitative estimate of drug-likeness (QED) is 0.774. The van der Waals surface area contributed by atoms with Crippen LogP contribution in [0.25, 0.3) is 0 Å². The second-order valence-corrected chi connectivity index (χ2v) is 4.66. The number of rotatable bonds is 4. The molecule has 7 heteroatoms. The Balaban J connectivity index is 1.72. The Morgan fingerprint density at radius 2 is 2.05 bits per heavy atom. The lowest BCUT2D eigenvalue weighted by Gasteiger charge is -2.26. The highest BCUT2D eigenvalue weighted by Crippen LogP contribution is 2.08. The number of carbonyl (C=O) groups is 2. The third kappa shape index (κ3) is 3.97. The molecular formula is C12H19N5O2. The summed E-state index contributed by atoms with van der Waals surface area (Å²) in [5.41, 5.74) is 5.45. The van der Waals surface area contributed by atoms with Crippen molar-refractivity contribution in [2.45, 2.75) is 25.8 Å². The smallest absolute Gasteiger partial charge is 0.242 e. The zero-order chi connectivity index (χ0) is 13.7.